The molecule has 3 rings (SSSR count). The fourth-order valence-corrected chi connectivity index (χ4v) is 4.09. The Morgan fingerprint density at radius 2 is 1.97 bits per heavy atom. The van der Waals surface area contributed by atoms with Gasteiger partial charge in [0, 0.05) is 44.4 Å². The number of halogens is 1. The van der Waals surface area contributed by atoms with Crippen molar-refractivity contribution in [3.05, 3.63) is 69.7 Å². The predicted molar refractivity (Wildman–Crippen MR) is 122 cm³/mol. The molecule has 6 heteroatoms. The molecule has 1 heterocycles. The maximum Gasteiger partial charge on any atom is 0.237 e. The first-order chi connectivity index (χ1) is 14.5. The van der Waals surface area contributed by atoms with Crippen LogP contribution in [-0.2, 0) is 22.6 Å². The molecule has 1 fully saturated rings. The average Bonchev–Trinajstić information content (AvgIpc) is 3.13. The van der Waals surface area contributed by atoms with Crippen molar-refractivity contribution in [3.63, 3.8) is 0 Å². The lowest BCUT2D eigenvalue weighted by Crippen LogP contribution is -2.43. The van der Waals surface area contributed by atoms with Crippen molar-refractivity contribution in [2.45, 2.75) is 45.4 Å². The molecule has 1 aliphatic rings. The number of methoxy groups -OCH3 is 1. The minimum absolute atomic E-state index is 0.0667. The number of rotatable bonds is 9. The van der Waals surface area contributed by atoms with Gasteiger partial charge < -0.3 is 15.4 Å². The maximum atomic E-state index is 12.8. The molecule has 0 radical (unpaired) electrons. The summed E-state index contributed by atoms with van der Waals surface area (Å²) in [5.74, 6) is 0.0667. The van der Waals surface area contributed by atoms with Gasteiger partial charge in [-0.15, -0.1) is 0 Å². The number of nitrogens with one attached hydrogen (secondary N) is 2. The number of benzene rings is 2. The van der Waals surface area contributed by atoms with Crippen molar-refractivity contribution >= 4 is 17.5 Å². The van der Waals surface area contributed by atoms with E-state index in [0.717, 1.165) is 36.6 Å². The van der Waals surface area contributed by atoms with E-state index in [9.17, 15) is 4.79 Å². The molecular formula is C24H32ClN3O2. The average molecular weight is 430 g/mol. The molecule has 0 spiro atoms. The van der Waals surface area contributed by atoms with Crippen LogP contribution in [0.5, 0.6) is 0 Å². The van der Waals surface area contributed by atoms with Crippen LogP contribution >= 0.6 is 11.6 Å². The van der Waals surface area contributed by atoms with Crippen molar-refractivity contribution in [1.29, 1.82) is 0 Å². The maximum absolute atomic E-state index is 12.8. The number of hydrogen-bond donors (Lipinski definition) is 2. The molecule has 2 atom stereocenters. The molecule has 0 aromatic heterocycles. The number of carbonyl (C=O) groups excluding carboxylic acids is 1. The minimum Gasteiger partial charge on any atom is -0.383 e. The summed E-state index contributed by atoms with van der Waals surface area (Å²) >= 11 is 6.03. The van der Waals surface area contributed by atoms with Crippen LogP contribution in [-0.4, -0.2) is 49.7 Å². The smallest absolute Gasteiger partial charge is 0.237 e. The quantitative estimate of drug-likeness (QED) is 0.599. The van der Waals surface area contributed by atoms with E-state index in [4.69, 9.17) is 16.3 Å². The zero-order valence-corrected chi connectivity index (χ0v) is 18.8. The third-order valence-electron chi connectivity index (χ3n) is 5.70. The molecule has 0 saturated carbocycles. The monoisotopic (exact) mass is 429 g/mol. The standard InChI is InChI=1S/C24H32ClN3O2/c1-17-4-5-18(2)20(12-17)14-27-22-13-23(24(29)26-10-11-30-3)28(16-22)15-19-6-8-21(25)9-7-19/h4-9,12,22-23,27H,10-11,13-16H2,1-3H3,(H,26,29)/t22-,23-/m0/s1. The van der Waals surface area contributed by atoms with Crippen molar-refractivity contribution in [3.8, 4) is 0 Å². The Morgan fingerprint density at radius 3 is 2.70 bits per heavy atom. The molecule has 1 amide bonds. The van der Waals surface area contributed by atoms with Gasteiger partial charge in [0.25, 0.3) is 0 Å². The molecule has 1 saturated heterocycles. The number of hydrogen-bond acceptors (Lipinski definition) is 4. The van der Waals surface area contributed by atoms with Crippen LogP contribution in [0, 0.1) is 13.8 Å². The first-order valence-corrected chi connectivity index (χ1v) is 10.9. The molecule has 0 unspecified atom stereocenters. The number of amides is 1. The normalized spacial score (nSPS) is 19.2. The van der Waals surface area contributed by atoms with Gasteiger partial charge in [0.1, 0.15) is 0 Å². The molecule has 2 N–H and O–H groups in total. The topological polar surface area (TPSA) is 53.6 Å². The Labute approximate surface area is 184 Å². The fraction of sp³-hybridized carbons (Fsp3) is 0.458. The third kappa shape index (κ3) is 6.29. The van der Waals surface area contributed by atoms with Gasteiger partial charge in [-0.05, 0) is 49.1 Å². The Hall–Kier alpha value is -1.92. The zero-order chi connectivity index (χ0) is 21.5. The third-order valence-corrected chi connectivity index (χ3v) is 5.95. The SMILES string of the molecule is COCCNC(=O)[C@@H]1C[C@H](NCc2cc(C)ccc2C)CN1Cc1ccc(Cl)cc1. The molecule has 162 valence electrons. The van der Waals surface area contributed by atoms with Gasteiger partial charge in [0.05, 0.1) is 12.6 Å². The van der Waals surface area contributed by atoms with Crippen molar-refractivity contribution in [2.75, 3.05) is 26.8 Å². The Morgan fingerprint density at radius 1 is 1.20 bits per heavy atom. The second-order valence-corrected chi connectivity index (χ2v) is 8.54. The second-order valence-electron chi connectivity index (χ2n) is 8.10. The van der Waals surface area contributed by atoms with Crippen LogP contribution in [0.4, 0.5) is 0 Å². The van der Waals surface area contributed by atoms with Gasteiger partial charge in [-0.2, -0.15) is 0 Å². The highest BCUT2D eigenvalue weighted by molar-refractivity contribution is 6.30. The van der Waals surface area contributed by atoms with Crippen molar-refractivity contribution in [1.82, 2.24) is 15.5 Å². The highest BCUT2D eigenvalue weighted by atomic mass is 35.5. The van der Waals surface area contributed by atoms with E-state index in [1.807, 2.05) is 24.3 Å². The molecule has 30 heavy (non-hydrogen) atoms. The molecule has 5 nitrogen and oxygen atoms in total. The first-order valence-electron chi connectivity index (χ1n) is 10.5. The van der Waals surface area contributed by atoms with Gasteiger partial charge in [-0.1, -0.05) is 47.5 Å². The van der Waals surface area contributed by atoms with Crippen molar-refractivity contribution in [2.24, 2.45) is 0 Å². The van der Waals surface area contributed by atoms with E-state index >= 15 is 0 Å². The van der Waals surface area contributed by atoms with Crippen LogP contribution < -0.4 is 10.6 Å². The fourth-order valence-electron chi connectivity index (χ4n) is 3.96. The largest absolute Gasteiger partial charge is 0.383 e. The number of nitrogens with zero attached hydrogens (tertiary/aromatic N) is 1. The van der Waals surface area contributed by atoms with Crippen LogP contribution in [0.15, 0.2) is 42.5 Å². The summed E-state index contributed by atoms with van der Waals surface area (Å²) in [4.78, 5) is 15.1. The second kappa shape index (κ2) is 10.9. The lowest BCUT2D eigenvalue weighted by atomic mass is 10.0. The molecule has 0 bridgehead atoms. The van der Waals surface area contributed by atoms with Gasteiger partial charge in [0.2, 0.25) is 5.91 Å². The lowest BCUT2D eigenvalue weighted by Gasteiger charge is -2.23. The van der Waals surface area contributed by atoms with Crippen LogP contribution in [0.1, 0.15) is 28.7 Å². The molecular weight excluding hydrogens is 398 g/mol. The Kier molecular flexibility index (Phi) is 8.28. The van der Waals surface area contributed by atoms with E-state index in [1.54, 1.807) is 7.11 Å². The summed E-state index contributed by atoms with van der Waals surface area (Å²) in [6.45, 7) is 7.67. The predicted octanol–water partition coefficient (Wildman–Crippen LogP) is 3.45. The van der Waals surface area contributed by atoms with Crippen LogP contribution in [0.3, 0.4) is 0 Å². The minimum atomic E-state index is -0.159. The van der Waals surface area contributed by atoms with Gasteiger partial charge in [-0.25, -0.2) is 0 Å². The van der Waals surface area contributed by atoms with E-state index < -0.39 is 0 Å². The molecule has 2 aromatic rings. The Balaban J connectivity index is 1.66. The van der Waals surface area contributed by atoms with Gasteiger partial charge in [0.15, 0.2) is 0 Å². The van der Waals surface area contributed by atoms with Gasteiger partial charge >= 0.3 is 0 Å². The summed E-state index contributed by atoms with van der Waals surface area (Å²) in [5.41, 5.74) is 5.03. The molecule has 2 aromatic carbocycles. The number of likely N-dealkylation sites (tertiary alicyclic amines) is 1. The van der Waals surface area contributed by atoms with Gasteiger partial charge in [-0.3, -0.25) is 9.69 Å². The summed E-state index contributed by atoms with van der Waals surface area (Å²) in [7, 11) is 1.64. The highest BCUT2D eigenvalue weighted by Gasteiger charge is 2.36. The van der Waals surface area contributed by atoms with E-state index in [0.29, 0.717) is 13.2 Å². The van der Waals surface area contributed by atoms with Crippen LogP contribution in [0.25, 0.3) is 0 Å². The van der Waals surface area contributed by atoms with E-state index in [-0.39, 0.29) is 18.0 Å². The summed E-state index contributed by atoms with van der Waals surface area (Å²) in [5, 5.41) is 7.41. The number of carbonyl (C=O) groups is 1. The molecule has 0 aliphatic carbocycles. The number of aryl methyl sites for hydroxylation is 2. The lowest BCUT2D eigenvalue weighted by molar-refractivity contribution is -0.125. The summed E-state index contributed by atoms with van der Waals surface area (Å²) in [6.07, 6.45) is 0.789. The highest BCUT2D eigenvalue weighted by Crippen LogP contribution is 2.22. The summed E-state index contributed by atoms with van der Waals surface area (Å²) in [6, 6.07) is 14.5. The first kappa shape index (κ1) is 22.8. The van der Waals surface area contributed by atoms with E-state index in [1.165, 1.54) is 16.7 Å². The van der Waals surface area contributed by atoms with Crippen molar-refractivity contribution < 1.29 is 9.53 Å². The Bertz CT molecular complexity index is 841. The number of ether oxygens (including phenoxy) is 1. The van der Waals surface area contributed by atoms with Crippen LogP contribution in [0.2, 0.25) is 5.02 Å². The zero-order valence-electron chi connectivity index (χ0n) is 18.1. The summed E-state index contributed by atoms with van der Waals surface area (Å²) < 4.78 is 5.06. The molecule has 1 aliphatic heterocycles. The van der Waals surface area contributed by atoms with E-state index in [2.05, 4.69) is 47.6 Å².